The molecule has 0 bridgehead atoms. The van der Waals surface area contributed by atoms with Crippen LogP contribution in [0.25, 0.3) is 22.7 Å². The summed E-state index contributed by atoms with van der Waals surface area (Å²) < 4.78 is 7.48. The van der Waals surface area contributed by atoms with Crippen molar-refractivity contribution in [2.24, 2.45) is 0 Å². The first-order valence-corrected chi connectivity index (χ1v) is 22.7. The SMILES string of the molecule is CC(C)c1cnn(-c2[c-]cccc2)c1.[Ir].[Ir].[Ir].[Ir].[c-]1ccc(Cc2ccccc2)cc1-n1cccn1.[c-]1ccccc1-n1cc(Cc2ccccc2)cn1.[c-]1ccccc1-n1nccc1Cc1ccccc1. The monoisotopic (exact) mass is 1660 g/mol. The average Bonchev–Trinajstić information content (AvgIpc) is 4.26. The first kappa shape index (κ1) is 58.5. The maximum atomic E-state index is 4.37. The molecule has 4 radical (unpaired) electrons. The zero-order valence-corrected chi connectivity index (χ0v) is 49.2. The molecule has 0 atom stereocenters. The van der Waals surface area contributed by atoms with Gasteiger partial charge in [0.05, 0.1) is 12.4 Å². The Morgan fingerprint density at radius 3 is 1.40 bits per heavy atom. The number of hydrogen-bond acceptors (Lipinski definition) is 4. The summed E-state index contributed by atoms with van der Waals surface area (Å²) in [7, 11) is 0. The van der Waals surface area contributed by atoms with E-state index in [-0.39, 0.29) is 80.4 Å². The Bertz CT molecular complexity index is 3110. The van der Waals surface area contributed by atoms with Gasteiger partial charge in [-0.15, -0.1) is 24.3 Å². The van der Waals surface area contributed by atoms with E-state index in [4.69, 9.17) is 0 Å². The van der Waals surface area contributed by atoms with Gasteiger partial charge in [0.1, 0.15) is 0 Å². The number of benzene rings is 7. The molecule has 0 saturated heterocycles. The van der Waals surface area contributed by atoms with Crippen LogP contribution in [0, 0.1) is 24.3 Å². The zero-order chi connectivity index (χ0) is 46.6. The number of rotatable bonds is 11. The molecular weight excluding hydrogens is 1600 g/mol. The van der Waals surface area contributed by atoms with Gasteiger partial charge >= 0.3 is 0 Å². The van der Waals surface area contributed by atoms with Gasteiger partial charge in [-0.25, -0.2) is 0 Å². The molecule has 4 aromatic heterocycles. The van der Waals surface area contributed by atoms with E-state index in [1.54, 1.807) is 6.20 Å². The van der Waals surface area contributed by atoms with E-state index in [1.165, 1.54) is 39.1 Å². The van der Waals surface area contributed by atoms with Gasteiger partial charge in [-0.1, -0.05) is 105 Å². The van der Waals surface area contributed by atoms with Crippen molar-refractivity contribution in [1.29, 1.82) is 0 Å². The molecular formula is C60H52Ir4N8-4. The van der Waals surface area contributed by atoms with Crippen LogP contribution in [0.4, 0.5) is 0 Å². The van der Waals surface area contributed by atoms with E-state index < -0.39 is 0 Å². The Hall–Kier alpha value is -6.02. The summed E-state index contributed by atoms with van der Waals surface area (Å²) in [5, 5.41) is 17.2. The molecule has 0 N–H and O–H groups in total. The predicted octanol–water partition coefficient (Wildman–Crippen LogP) is 12.6. The fourth-order valence-electron chi connectivity index (χ4n) is 7.22. The Labute approximate surface area is 478 Å². The zero-order valence-electron chi connectivity index (χ0n) is 39.6. The molecule has 11 rings (SSSR count). The van der Waals surface area contributed by atoms with Crippen LogP contribution in [0.15, 0.2) is 238 Å². The fourth-order valence-corrected chi connectivity index (χ4v) is 7.22. The molecule has 0 aliphatic rings. The second kappa shape index (κ2) is 31.4. The van der Waals surface area contributed by atoms with Crippen LogP contribution in [0.3, 0.4) is 0 Å². The van der Waals surface area contributed by atoms with Crippen LogP contribution < -0.4 is 0 Å². The molecule has 0 fully saturated rings. The summed E-state index contributed by atoms with van der Waals surface area (Å²) in [4.78, 5) is 0. The first-order valence-electron chi connectivity index (χ1n) is 22.7. The summed E-state index contributed by atoms with van der Waals surface area (Å²) >= 11 is 0. The molecule has 372 valence electrons. The van der Waals surface area contributed by atoms with E-state index in [0.29, 0.717) is 5.92 Å². The molecule has 0 amide bonds. The smallest absolute Gasteiger partial charge is 0.0528 e. The summed E-state index contributed by atoms with van der Waals surface area (Å²) in [5.41, 5.74) is 12.7. The van der Waals surface area contributed by atoms with Gasteiger partial charge in [0, 0.05) is 130 Å². The van der Waals surface area contributed by atoms with Gasteiger partial charge in [-0.3, -0.25) is 18.7 Å². The van der Waals surface area contributed by atoms with E-state index in [0.717, 1.165) is 42.0 Å². The molecule has 0 aliphatic carbocycles. The molecule has 72 heavy (non-hydrogen) atoms. The maximum absolute atomic E-state index is 4.37. The van der Waals surface area contributed by atoms with Gasteiger partial charge in [-0.05, 0) is 75.0 Å². The van der Waals surface area contributed by atoms with E-state index in [1.807, 2.05) is 153 Å². The van der Waals surface area contributed by atoms with Gasteiger partial charge < -0.3 is 0 Å². The molecule has 4 heterocycles. The minimum Gasteiger partial charge on any atom is -0.266 e. The van der Waals surface area contributed by atoms with Crippen molar-refractivity contribution in [3.05, 3.63) is 301 Å². The molecule has 0 unspecified atom stereocenters. The molecule has 0 aliphatic heterocycles. The Morgan fingerprint density at radius 2 is 0.889 bits per heavy atom. The third-order valence-electron chi connectivity index (χ3n) is 10.8. The van der Waals surface area contributed by atoms with Crippen LogP contribution in [0.2, 0.25) is 0 Å². The summed E-state index contributed by atoms with van der Waals surface area (Å²) in [6.45, 7) is 4.33. The van der Waals surface area contributed by atoms with Crippen LogP contribution in [-0.2, 0) is 99.7 Å². The first-order chi connectivity index (χ1) is 33.5. The van der Waals surface area contributed by atoms with Crippen molar-refractivity contribution in [2.45, 2.75) is 39.0 Å². The van der Waals surface area contributed by atoms with Crippen LogP contribution >= 0.6 is 0 Å². The molecule has 0 saturated carbocycles. The van der Waals surface area contributed by atoms with Crippen molar-refractivity contribution < 1.29 is 80.4 Å². The van der Waals surface area contributed by atoms with E-state index in [2.05, 4.69) is 156 Å². The summed E-state index contributed by atoms with van der Waals surface area (Å²) in [5.74, 6) is 0.521. The number of para-hydroxylation sites is 3. The largest absolute Gasteiger partial charge is 0.266 e. The molecule has 8 nitrogen and oxygen atoms in total. The number of aromatic nitrogens is 8. The molecule has 12 heteroatoms. The minimum atomic E-state index is 0. The Morgan fingerprint density at radius 1 is 0.389 bits per heavy atom. The second-order valence-corrected chi connectivity index (χ2v) is 16.2. The number of nitrogens with zero attached hydrogens (tertiary/aromatic N) is 8. The average molecular weight is 1650 g/mol. The standard InChI is InChI=1S/3C16H13N2.C12H13N2.4Ir/c1-3-7-14(8-4-1)11-15-12-17-18(13-15)16-9-5-2-6-10-16;1-3-7-14(8-4-1)13-16-11-12-17-18(16)15-9-5-2-6-10-15;1-2-6-14(7-3-1)12-15-8-4-9-16(13-15)18-11-5-10-17-18;1-10(2)11-8-13-14(9-11)12-6-4-3-5-7-12;;;;/h1-9,12-13H,11H2;1-9,11-12H,13H2;1-8,10-11,13H,12H2;3-6,8-10H,1-2H3;;;;/q4*-1;;;;. The summed E-state index contributed by atoms with van der Waals surface area (Å²) in [6, 6.07) is 77.7. The molecule has 0 spiro atoms. The normalized spacial score (nSPS) is 9.93. The molecule has 11 aromatic rings. The maximum Gasteiger partial charge on any atom is 0.0528 e. The fraction of sp³-hybridized carbons (Fsp3) is 0.100. The van der Waals surface area contributed by atoms with Gasteiger partial charge in [0.25, 0.3) is 0 Å². The predicted molar refractivity (Wildman–Crippen MR) is 271 cm³/mol. The quantitative estimate of drug-likeness (QED) is 0.121. The Balaban J connectivity index is 0.000000205. The van der Waals surface area contributed by atoms with Gasteiger partial charge in [0.2, 0.25) is 0 Å². The molecule has 7 aromatic carbocycles. The van der Waals surface area contributed by atoms with Crippen molar-refractivity contribution in [1.82, 2.24) is 39.1 Å². The number of hydrogen-bond donors (Lipinski definition) is 0. The van der Waals surface area contributed by atoms with Crippen molar-refractivity contribution in [2.75, 3.05) is 0 Å². The van der Waals surface area contributed by atoms with Crippen molar-refractivity contribution in [3.63, 3.8) is 0 Å². The van der Waals surface area contributed by atoms with Crippen molar-refractivity contribution >= 4 is 0 Å². The Kier molecular flexibility index (Phi) is 25.6. The third-order valence-corrected chi connectivity index (χ3v) is 10.8. The summed E-state index contributed by atoms with van der Waals surface area (Å²) in [6.07, 6.45) is 16.2. The van der Waals surface area contributed by atoms with Crippen molar-refractivity contribution in [3.8, 4) is 22.7 Å². The van der Waals surface area contributed by atoms with Crippen LogP contribution in [-0.4, -0.2) is 39.1 Å². The van der Waals surface area contributed by atoms with Gasteiger partial charge in [-0.2, -0.15) is 117 Å². The van der Waals surface area contributed by atoms with Gasteiger partial charge in [0.15, 0.2) is 0 Å². The second-order valence-electron chi connectivity index (χ2n) is 16.2. The van der Waals surface area contributed by atoms with E-state index in [9.17, 15) is 0 Å². The minimum absolute atomic E-state index is 0. The van der Waals surface area contributed by atoms with E-state index >= 15 is 0 Å². The topological polar surface area (TPSA) is 71.3 Å². The van der Waals surface area contributed by atoms with Crippen LogP contribution in [0.1, 0.15) is 58.8 Å². The van der Waals surface area contributed by atoms with Crippen LogP contribution in [0.5, 0.6) is 0 Å². The third kappa shape index (κ3) is 17.9.